The Morgan fingerprint density at radius 1 is 0.271 bits per heavy atom. The summed E-state index contributed by atoms with van der Waals surface area (Å²) in [4.78, 5) is 0. The third-order valence-electron chi connectivity index (χ3n) is 11.1. The Hall–Kier alpha value is -5.98. The summed E-state index contributed by atoms with van der Waals surface area (Å²) in [6.45, 7) is 0. The van der Waals surface area contributed by atoms with Gasteiger partial charge in [-0.2, -0.15) is 0 Å². The first-order valence-electron chi connectivity index (χ1n) is 17.0. The van der Waals surface area contributed by atoms with Crippen molar-refractivity contribution in [3.05, 3.63) is 180 Å². The van der Waals surface area contributed by atoms with Crippen LogP contribution in [-0.4, -0.2) is 0 Å². The molecule has 9 aromatic rings. The summed E-state index contributed by atoms with van der Waals surface area (Å²) in [5.41, 5.74) is 16.5. The third-order valence-corrected chi connectivity index (χ3v) is 11.1. The van der Waals surface area contributed by atoms with Crippen LogP contribution in [0.15, 0.2) is 158 Å². The van der Waals surface area contributed by atoms with Crippen molar-refractivity contribution in [1.29, 1.82) is 0 Å². The molecule has 0 saturated heterocycles. The van der Waals surface area contributed by atoms with Gasteiger partial charge in [0, 0.05) is 0 Å². The SMILES string of the molecule is c1ccc2c3c(ccc2c1)Cc1cc(-c2c4ccccc4c(-c4ccc5c(c4)Cc4ccc6ccccc6c4-5)c4ccccc24)ccc1-3. The molecule has 2 aliphatic carbocycles. The van der Waals surface area contributed by atoms with E-state index in [1.807, 2.05) is 0 Å². The molecule has 0 aromatic heterocycles. The summed E-state index contributed by atoms with van der Waals surface area (Å²) < 4.78 is 0. The summed E-state index contributed by atoms with van der Waals surface area (Å²) >= 11 is 0. The Bertz CT molecular complexity index is 2580. The van der Waals surface area contributed by atoms with Gasteiger partial charge in [0.2, 0.25) is 0 Å². The van der Waals surface area contributed by atoms with Crippen LogP contribution in [0.4, 0.5) is 0 Å². The lowest BCUT2D eigenvalue weighted by Gasteiger charge is -2.19. The van der Waals surface area contributed by atoms with Crippen LogP contribution in [0.5, 0.6) is 0 Å². The molecule has 0 saturated carbocycles. The molecule has 0 unspecified atom stereocenters. The van der Waals surface area contributed by atoms with Gasteiger partial charge in [-0.1, -0.05) is 158 Å². The second-order valence-electron chi connectivity index (χ2n) is 13.6. The zero-order chi connectivity index (χ0) is 31.3. The van der Waals surface area contributed by atoms with Crippen molar-refractivity contribution in [2.24, 2.45) is 0 Å². The quantitative estimate of drug-likeness (QED) is 0.172. The zero-order valence-corrected chi connectivity index (χ0v) is 26.4. The maximum Gasteiger partial charge on any atom is -0.00130 e. The van der Waals surface area contributed by atoms with Crippen LogP contribution in [-0.2, 0) is 12.8 Å². The van der Waals surface area contributed by atoms with Crippen LogP contribution in [0.3, 0.4) is 0 Å². The predicted octanol–water partition coefficient (Wildman–Crippen LogP) is 12.8. The summed E-state index contributed by atoms with van der Waals surface area (Å²) in [5.74, 6) is 0. The van der Waals surface area contributed by atoms with E-state index >= 15 is 0 Å². The Kier molecular flexibility index (Phi) is 5.32. The van der Waals surface area contributed by atoms with Crippen LogP contribution >= 0.6 is 0 Å². The Morgan fingerprint density at radius 2 is 0.646 bits per heavy atom. The molecule has 0 atom stereocenters. The van der Waals surface area contributed by atoms with Crippen molar-refractivity contribution < 1.29 is 0 Å². The summed E-state index contributed by atoms with van der Waals surface area (Å²) in [7, 11) is 0. The summed E-state index contributed by atoms with van der Waals surface area (Å²) in [6.07, 6.45) is 1.95. The van der Waals surface area contributed by atoms with Gasteiger partial charge >= 0.3 is 0 Å². The standard InChI is InChI=1S/C48H30/c1-3-11-37-29(9-1)17-19-31-25-35-27-33(21-23-39(35)45(31)37)47-41-13-5-7-15-43(41)48(44-16-8-6-14-42(44)47)34-22-24-40-36(28-34)26-32-20-18-30-10-2-4-12-38(30)46(32)40/h1-24,27-28H,25-26H2. The molecule has 0 bridgehead atoms. The second kappa shape index (κ2) is 9.77. The van der Waals surface area contributed by atoms with Crippen molar-refractivity contribution in [3.8, 4) is 44.5 Å². The van der Waals surface area contributed by atoms with E-state index in [4.69, 9.17) is 0 Å². The molecule has 11 rings (SSSR count). The lowest BCUT2D eigenvalue weighted by Crippen LogP contribution is -1.92. The molecule has 0 heterocycles. The maximum absolute atomic E-state index is 2.47. The van der Waals surface area contributed by atoms with Crippen molar-refractivity contribution in [2.75, 3.05) is 0 Å². The lowest BCUT2D eigenvalue weighted by molar-refractivity contribution is 1.27. The average Bonchev–Trinajstić information content (AvgIpc) is 3.71. The summed E-state index contributed by atoms with van der Waals surface area (Å²) in [6, 6.07) is 59.3. The van der Waals surface area contributed by atoms with E-state index in [-0.39, 0.29) is 0 Å². The molecule has 0 fully saturated rings. The van der Waals surface area contributed by atoms with Gasteiger partial charge in [0.25, 0.3) is 0 Å². The van der Waals surface area contributed by atoms with Gasteiger partial charge < -0.3 is 0 Å². The fourth-order valence-corrected chi connectivity index (χ4v) is 9.00. The molecule has 0 nitrogen and oxygen atoms in total. The molecule has 0 spiro atoms. The number of rotatable bonds is 2. The average molecular weight is 607 g/mol. The van der Waals surface area contributed by atoms with E-state index in [9.17, 15) is 0 Å². The van der Waals surface area contributed by atoms with Crippen LogP contribution in [0.25, 0.3) is 87.6 Å². The van der Waals surface area contributed by atoms with Gasteiger partial charge in [-0.25, -0.2) is 0 Å². The molecule has 0 heteroatoms. The van der Waals surface area contributed by atoms with Crippen molar-refractivity contribution in [3.63, 3.8) is 0 Å². The van der Waals surface area contributed by atoms with Crippen molar-refractivity contribution in [2.45, 2.75) is 12.8 Å². The van der Waals surface area contributed by atoms with E-state index in [1.165, 1.54) is 110 Å². The fraction of sp³-hybridized carbons (Fsp3) is 0.0417. The van der Waals surface area contributed by atoms with Gasteiger partial charge in [-0.05, 0) is 123 Å². The molecule has 48 heavy (non-hydrogen) atoms. The Balaban J connectivity index is 1.11. The number of hydrogen-bond donors (Lipinski definition) is 0. The fourth-order valence-electron chi connectivity index (χ4n) is 9.00. The normalized spacial score (nSPS) is 12.8. The Labute approximate surface area is 279 Å². The second-order valence-corrected chi connectivity index (χ2v) is 13.6. The first-order valence-corrected chi connectivity index (χ1v) is 17.0. The number of fused-ring (bicyclic) bond motifs is 12. The molecule has 222 valence electrons. The van der Waals surface area contributed by atoms with Gasteiger partial charge in [-0.3, -0.25) is 0 Å². The van der Waals surface area contributed by atoms with E-state index in [2.05, 4.69) is 158 Å². The van der Waals surface area contributed by atoms with Gasteiger partial charge in [0.05, 0.1) is 0 Å². The minimum Gasteiger partial charge on any atom is -0.0616 e. The van der Waals surface area contributed by atoms with Crippen LogP contribution in [0, 0.1) is 0 Å². The van der Waals surface area contributed by atoms with Gasteiger partial charge in [0.1, 0.15) is 0 Å². The summed E-state index contributed by atoms with van der Waals surface area (Å²) in [5, 5.41) is 10.6. The van der Waals surface area contributed by atoms with Gasteiger partial charge in [-0.15, -0.1) is 0 Å². The van der Waals surface area contributed by atoms with E-state index in [1.54, 1.807) is 0 Å². The highest BCUT2D eigenvalue weighted by Gasteiger charge is 2.25. The molecule has 0 amide bonds. The monoisotopic (exact) mass is 606 g/mol. The first kappa shape index (κ1) is 26.1. The highest BCUT2D eigenvalue weighted by Crippen LogP contribution is 2.49. The highest BCUT2D eigenvalue weighted by atomic mass is 14.3. The van der Waals surface area contributed by atoms with Gasteiger partial charge in [0.15, 0.2) is 0 Å². The predicted molar refractivity (Wildman–Crippen MR) is 204 cm³/mol. The van der Waals surface area contributed by atoms with Crippen LogP contribution in [0.1, 0.15) is 22.3 Å². The largest absolute Gasteiger partial charge is 0.0616 e. The zero-order valence-electron chi connectivity index (χ0n) is 26.4. The third kappa shape index (κ3) is 3.60. The highest BCUT2D eigenvalue weighted by molar-refractivity contribution is 6.21. The lowest BCUT2D eigenvalue weighted by atomic mass is 9.84. The van der Waals surface area contributed by atoms with E-state index in [0.717, 1.165) is 12.8 Å². The minimum atomic E-state index is 0.976. The minimum absolute atomic E-state index is 0.976. The van der Waals surface area contributed by atoms with Crippen molar-refractivity contribution >= 4 is 43.1 Å². The van der Waals surface area contributed by atoms with Crippen LogP contribution in [0.2, 0.25) is 0 Å². The first-order chi connectivity index (χ1) is 23.8. The number of benzene rings is 9. The molecule has 9 aromatic carbocycles. The molecule has 0 radical (unpaired) electrons. The van der Waals surface area contributed by atoms with Crippen molar-refractivity contribution in [1.82, 2.24) is 0 Å². The molecule has 0 N–H and O–H groups in total. The molecule has 0 aliphatic heterocycles. The maximum atomic E-state index is 2.47. The number of hydrogen-bond acceptors (Lipinski definition) is 0. The molecular formula is C48H30. The molecule has 2 aliphatic rings. The Morgan fingerprint density at radius 3 is 1.06 bits per heavy atom. The smallest absolute Gasteiger partial charge is 0.00130 e. The van der Waals surface area contributed by atoms with E-state index < -0.39 is 0 Å². The molecular weight excluding hydrogens is 577 g/mol. The van der Waals surface area contributed by atoms with E-state index in [0.29, 0.717) is 0 Å². The topological polar surface area (TPSA) is 0 Å². The van der Waals surface area contributed by atoms with Crippen LogP contribution < -0.4 is 0 Å².